The van der Waals surface area contributed by atoms with Crippen LogP contribution >= 0.6 is 0 Å². The van der Waals surface area contributed by atoms with Gasteiger partial charge in [-0.05, 0) is 76.5 Å². The molecule has 0 aromatic carbocycles. The number of pyridine rings is 1. The molecule has 1 amide bonds. The molecule has 1 unspecified atom stereocenters. The van der Waals surface area contributed by atoms with E-state index in [2.05, 4.69) is 56.2 Å². The van der Waals surface area contributed by atoms with Gasteiger partial charge in [0, 0.05) is 54.0 Å². The highest BCUT2D eigenvalue weighted by Crippen LogP contribution is 2.39. The molecule has 4 heterocycles. The number of nitrogens with one attached hydrogen (secondary N) is 1. The van der Waals surface area contributed by atoms with E-state index >= 15 is 0 Å². The standard InChI is InChI=1S/C24H31N7O/c1-14-9-20(10-15(2)27-14)30-11-18-5-6-19(12-30)23(18)29-22(32)8-7-21-16(3)28-24-25-13-26-31(24)17(21)4/h9-10,13,18-19,23H,5-8,11-12H2,1-4H3,(H,29,32)/t18-,19+,23?. The van der Waals surface area contributed by atoms with E-state index in [4.69, 9.17) is 0 Å². The molecule has 3 aromatic rings. The van der Waals surface area contributed by atoms with Gasteiger partial charge in [-0.25, -0.2) is 9.50 Å². The van der Waals surface area contributed by atoms with E-state index in [0.717, 1.165) is 41.4 Å². The molecule has 3 atom stereocenters. The van der Waals surface area contributed by atoms with Crippen molar-refractivity contribution in [3.05, 3.63) is 46.8 Å². The molecule has 1 saturated carbocycles. The Kier molecular flexibility index (Phi) is 5.31. The number of aryl methyl sites for hydroxylation is 4. The van der Waals surface area contributed by atoms with Gasteiger partial charge in [-0.1, -0.05) is 0 Å². The van der Waals surface area contributed by atoms with E-state index in [0.29, 0.717) is 30.5 Å². The molecule has 1 aliphatic carbocycles. The number of nitrogens with zero attached hydrogens (tertiary/aromatic N) is 6. The third-order valence-electron chi connectivity index (χ3n) is 7.18. The maximum Gasteiger partial charge on any atom is 0.252 e. The van der Waals surface area contributed by atoms with E-state index in [1.807, 2.05) is 13.8 Å². The molecule has 2 fully saturated rings. The van der Waals surface area contributed by atoms with Crippen molar-refractivity contribution in [2.75, 3.05) is 18.0 Å². The van der Waals surface area contributed by atoms with Crippen LogP contribution in [0.5, 0.6) is 0 Å². The molecular formula is C24H31N7O. The minimum Gasteiger partial charge on any atom is -0.371 e. The Morgan fingerprint density at radius 3 is 2.44 bits per heavy atom. The second-order valence-corrected chi connectivity index (χ2v) is 9.44. The summed E-state index contributed by atoms with van der Waals surface area (Å²) >= 11 is 0. The van der Waals surface area contributed by atoms with Crippen molar-refractivity contribution in [1.29, 1.82) is 0 Å². The van der Waals surface area contributed by atoms with Crippen molar-refractivity contribution in [1.82, 2.24) is 29.9 Å². The first kappa shape index (κ1) is 20.8. The highest BCUT2D eigenvalue weighted by Gasteiger charge is 2.42. The molecule has 0 spiro atoms. The summed E-state index contributed by atoms with van der Waals surface area (Å²) in [6.07, 6.45) is 5.00. The van der Waals surface area contributed by atoms with Crippen molar-refractivity contribution < 1.29 is 4.79 Å². The lowest BCUT2D eigenvalue weighted by Crippen LogP contribution is -2.52. The van der Waals surface area contributed by atoms with Gasteiger partial charge in [0.15, 0.2) is 0 Å². The Morgan fingerprint density at radius 1 is 1.06 bits per heavy atom. The third kappa shape index (κ3) is 3.82. The SMILES string of the molecule is Cc1cc(N2C[C@H]3CC[C@@H](C2)C3NC(=O)CCc2c(C)nc3ncnn3c2C)cc(C)n1. The zero-order valence-corrected chi connectivity index (χ0v) is 19.3. The lowest BCUT2D eigenvalue weighted by atomic mass is 9.91. The Labute approximate surface area is 188 Å². The smallest absolute Gasteiger partial charge is 0.252 e. The summed E-state index contributed by atoms with van der Waals surface area (Å²) in [5, 5.41) is 7.63. The van der Waals surface area contributed by atoms with E-state index in [1.54, 1.807) is 4.52 Å². The monoisotopic (exact) mass is 433 g/mol. The first-order valence-electron chi connectivity index (χ1n) is 11.5. The van der Waals surface area contributed by atoms with E-state index in [9.17, 15) is 4.79 Å². The summed E-state index contributed by atoms with van der Waals surface area (Å²) in [7, 11) is 0. The van der Waals surface area contributed by atoms with Crippen molar-refractivity contribution >= 4 is 17.4 Å². The summed E-state index contributed by atoms with van der Waals surface area (Å²) < 4.78 is 1.75. The number of amides is 1. The maximum atomic E-state index is 12.9. The van der Waals surface area contributed by atoms with Crippen LogP contribution < -0.4 is 10.2 Å². The number of piperidine rings is 1. The summed E-state index contributed by atoms with van der Waals surface area (Å²) in [6.45, 7) is 10.1. The summed E-state index contributed by atoms with van der Waals surface area (Å²) in [5.74, 6) is 1.75. The van der Waals surface area contributed by atoms with Gasteiger partial charge < -0.3 is 10.2 Å². The molecule has 1 aliphatic heterocycles. The lowest BCUT2D eigenvalue weighted by molar-refractivity contribution is -0.122. The molecule has 8 heteroatoms. The van der Waals surface area contributed by atoms with Gasteiger partial charge in [-0.3, -0.25) is 9.78 Å². The Balaban J connectivity index is 1.22. The van der Waals surface area contributed by atoms with Crippen LogP contribution in [-0.2, 0) is 11.2 Å². The van der Waals surface area contributed by atoms with Crippen molar-refractivity contribution in [2.45, 2.75) is 59.4 Å². The Bertz CT molecular complexity index is 1140. The number of rotatable bonds is 5. The fourth-order valence-corrected chi connectivity index (χ4v) is 5.68. The number of hydrogen-bond acceptors (Lipinski definition) is 6. The number of anilines is 1. The molecule has 3 aromatic heterocycles. The highest BCUT2D eigenvalue weighted by atomic mass is 16.1. The van der Waals surface area contributed by atoms with Crippen LogP contribution in [0.3, 0.4) is 0 Å². The number of hydrogen-bond donors (Lipinski definition) is 1. The predicted molar refractivity (Wildman–Crippen MR) is 123 cm³/mol. The number of fused-ring (bicyclic) bond motifs is 3. The van der Waals surface area contributed by atoms with Crippen LogP contribution in [0.1, 0.15) is 47.6 Å². The molecule has 32 heavy (non-hydrogen) atoms. The Morgan fingerprint density at radius 2 is 1.75 bits per heavy atom. The van der Waals surface area contributed by atoms with Gasteiger partial charge in [-0.15, -0.1) is 0 Å². The molecule has 5 rings (SSSR count). The van der Waals surface area contributed by atoms with Gasteiger partial charge in [0.1, 0.15) is 6.33 Å². The second-order valence-electron chi connectivity index (χ2n) is 9.44. The zero-order valence-electron chi connectivity index (χ0n) is 19.3. The zero-order chi connectivity index (χ0) is 22.4. The molecular weight excluding hydrogens is 402 g/mol. The average molecular weight is 434 g/mol. The van der Waals surface area contributed by atoms with Gasteiger partial charge >= 0.3 is 0 Å². The molecule has 1 saturated heterocycles. The second kappa shape index (κ2) is 8.15. The van der Waals surface area contributed by atoms with Crippen LogP contribution in [0.4, 0.5) is 5.69 Å². The van der Waals surface area contributed by atoms with Crippen LogP contribution in [0.15, 0.2) is 18.5 Å². The maximum absolute atomic E-state index is 12.9. The summed E-state index contributed by atoms with van der Waals surface area (Å²) in [5.41, 5.74) is 6.40. The molecule has 2 bridgehead atoms. The number of carbonyl (C=O) groups is 1. The van der Waals surface area contributed by atoms with Gasteiger partial charge in [0.05, 0.1) is 0 Å². The third-order valence-corrected chi connectivity index (χ3v) is 7.18. The Hall–Kier alpha value is -3.03. The van der Waals surface area contributed by atoms with E-state index in [-0.39, 0.29) is 11.9 Å². The van der Waals surface area contributed by atoms with Crippen LogP contribution in [-0.4, -0.2) is 49.6 Å². The lowest BCUT2D eigenvalue weighted by Gasteiger charge is -2.39. The van der Waals surface area contributed by atoms with Gasteiger partial charge in [0.25, 0.3) is 5.78 Å². The summed E-state index contributed by atoms with van der Waals surface area (Å²) in [4.78, 5) is 28.6. The summed E-state index contributed by atoms with van der Waals surface area (Å²) in [6, 6.07) is 4.63. The van der Waals surface area contributed by atoms with Crippen LogP contribution in [0.2, 0.25) is 0 Å². The van der Waals surface area contributed by atoms with Crippen molar-refractivity contribution in [2.24, 2.45) is 11.8 Å². The van der Waals surface area contributed by atoms with Crippen molar-refractivity contribution in [3.8, 4) is 0 Å². The quantitative estimate of drug-likeness (QED) is 0.666. The van der Waals surface area contributed by atoms with Crippen molar-refractivity contribution in [3.63, 3.8) is 0 Å². The molecule has 168 valence electrons. The van der Waals surface area contributed by atoms with E-state index < -0.39 is 0 Å². The number of carbonyl (C=O) groups excluding carboxylic acids is 1. The molecule has 1 N–H and O–H groups in total. The molecule has 0 radical (unpaired) electrons. The van der Waals surface area contributed by atoms with Crippen LogP contribution in [0.25, 0.3) is 5.78 Å². The predicted octanol–water partition coefficient (Wildman–Crippen LogP) is 2.72. The van der Waals surface area contributed by atoms with Gasteiger partial charge in [0.2, 0.25) is 5.91 Å². The van der Waals surface area contributed by atoms with E-state index in [1.165, 1.54) is 24.9 Å². The molecule has 2 aliphatic rings. The minimum atomic E-state index is 0.133. The number of aromatic nitrogens is 5. The highest BCUT2D eigenvalue weighted by molar-refractivity contribution is 5.76. The van der Waals surface area contributed by atoms with Gasteiger partial charge in [-0.2, -0.15) is 10.1 Å². The molecule has 8 nitrogen and oxygen atoms in total. The minimum absolute atomic E-state index is 0.133. The fraction of sp³-hybridized carbons (Fsp3) is 0.542. The largest absolute Gasteiger partial charge is 0.371 e. The average Bonchev–Trinajstić information content (AvgIpc) is 3.28. The van der Waals surface area contributed by atoms with Crippen LogP contribution in [0, 0.1) is 39.5 Å². The normalized spacial score (nSPS) is 22.5. The first-order valence-corrected chi connectivity index (χ1v) is 11.5. The fourth-order valence-electron chi connectivity index (χ4n) is 5.68. The topological polar surface area (TPSA) is 88.3 Å². The first-order chi connectivity index (χ1) is 15.4.